The summed E-state index contributed by atoms with van der Waals surface area (Å²) in [5.41, 5.74) is -0.560. The van der Waals surface area contributed by atoms with Gasteiger partial charge in [0, 0.05) is 6.07 Å². The number of methoxy groups -OCH3 is 1. The molecule has 9 heteroatoms. The second kappa shape index (κ2) is 5.56. The van der Waals surface area contributed by atoms with Gasteiger partial charge in [-0.05, 0) is 6.07 Å². The van der Waals surface area contributed by atoms with E-state index in [9.17, 15) is 23.3 Å². The first-order valence-electron chi connectivity index (χ1n) is 4.68. The molecular formula is C9H10N2O6S. The molecule has 1 aromatic carbocycles. The topological polar surface area (TPSA) is 116 Å². The maximum absolute atomic E-state index is 11.8. The van der Waals surface area contributed by atoms with Crippen molar-refractivity contribution < 1.29 is 22.9 Å². The molecule has 1 aromatic rings. The van der Waals surface area contributed by atoms with Crippen LogP contribution in [0, 0.1) is 10.1 Å². The van der Waals surface area contributed by atoms with E-state index in [1.54, 1.807) is 0 Å². The maximum Gasteiger partial charge on any atom is 0.320 e. The highest BCUT2D eigenvalue weighted by molar-refractivity contribution is 7.89. The summed E-state index contributed by atoms with van der Waals surface area (Å²) in [5.74, 6) is -0.794. The summed E-state index contributed by atoms with van der Waals surface area (Å²) in [6, 6.07) is 4.83. The lowest BCUT2D eigenvalue weighted by Crippen LogP contribution is -2.30. The molecule has 0 saturated heterocycles. The molecule has 0 aliphatic heterocycles. The number of ether oxygens (including phenoxy) is 1. The van der Waals surface area contributed by atoms with Crippen LogP contribution in [-0.2, 0) is 19.6 Å². The summed E-state index contributed by atoms with van der Waals surface area (Å²) in [4.78, 5) is 20.2. The molecule has 98 valence electrons. The summed E-state index contributed by atoms with van der Waals surface area (Å²) < 4.78 is 29.7. The Morgan fingerprint density at radius 1 is 1.44 bits per heavy atom. The average Bonchev–Trinajstić information content (AvgIpc) is 2.36. The van der Waals surface area contributed by atoms with Gasteiger partial charge in [0.25, 0.3) is 5.69 Å². The van der Waals surface area contributed by atoms with Crippen LogP contribution in [0.4, 0.5) is 5.69 Å². The van der Waals surface area contributed by atoms with E-state index in [-0.39, 0.29) is 0 Å². The number of carbonyl (C=O) groups excluding carboxylic acids is 1. The number of hydrogen-bond acceptors (Lipinski definition) is 6. The predicted molar refractivity (Wildman–Crippen MR) is 60.3 cm³/mol. The largest absolute Gasteiger partial charge is 0.468 e. The van der Waals surface area contributed by atoms with Crippen LogP contribution in [-0.4, -0.2) is 33.0 Å². The number of nitro groups is 1. The zero-order valence-electron chi connectivity index (χ0n) is 9.32. The zero-order chi connectivity index (χ0) is 13.8. The Kier molecular flexibility index (Phi) is 4.34. The molecule has 0 amide bonds. The minimum atomic E-state index is -4.13. The molecule has 18 heavy (non-hydrogen) atoms. The van der Waals surface area contributed by atoms with Gasteiger partial charge in [-0.3, -0.25) is 14.9 Å². The Morgan fingerprint density at radius 3 is 2.61 bits per heavy atom. The maximum atomic E-state index is 11.8. The number of rotatable bonds is 5. The predicted octanol–water partition coefficient (Wildman–Crippen LogP) is 0.0461. The van der Waals surface area contributed by atoms with Crippen molar-refractivity contribution in [1.82, 2.24) is 4.72 Å². The number of nitro benzene ring substituents is 1. The van der Waals surface area contributed by atoms with E-state index in [2.05, 4.69) is 4.74 Å². The van der Waals surface area contributed by atoms with Crippen molar-refractivity contribution in [2.24, 2.45) is 0 Å². The van der Waals surface area contributed by atoms with E-state index < -0.39 is 38.0 Å². The summed E-state index contributed by atoms with van der Waals surface area (Å²) in [5, 5.41) is 10.7. The first-order valence-corrected chi connectivity index (χ1v) is 6.16. The van der Waals surface area contributed by atoms with E-state index in [4.69, 9.17) is 0 Å². The molecule has 0 spiro atoms. The van der Waals surface area contributed by atoms with Crippen LogP contribution in [0.1, 0.15) is 0 Å². The number of carbonyl (C=O) groups is 1. The SMILES string of the molecule is COC(=O)CNS(=O)(=O)c1ccccc1[N+](=O)[O-]. The fraction of sp³-hybridized carbons (Fsp3) is 0.222. The molecule has 1 rings (SSSR count). The fourth-order valence-electron chi connectivity index (χ4n) is 1.14. The third-order valence-corrected chi connectivity index (χ3v) is 3.43. The summed E-state index contributed by atoms with van der Waals surface area (Å²) in [6.45, 7) is -0.592. The van der Waals surface area contributed by atoms with Gasteiger partial charge in [-0.15, -0.1) is 0 Å². The standard InChI is InChI=1S/C9H10N2O6S/c1-17-9(12)6-10-18(15,16)8-5-3-2-4-7(8)11(13)14/h2-5,10H,6H2,1H3. The van der Waals surface area contributed by atoms with Gasteiger partial charge < -0.3 is 4.74 Å². The summed E-state index contributed by atoms with van der Waals surface area (Å²) >= 11 is 0. The lowest BCUT2D eigenvalue weighted by Gasteiger charge is -2.05. The van der Waals surface area contributed by atoms with Crippen molar-refractivity contribution in [3.8, 4) is 0 Å². The van der Waals surface area contributed by atoms with Crippen LogP contribution in [0.3, 0.4) is 0 Å². The van der Waals surface area contributed by atoms with Gasteiger partial charge in [0.1, 0.15) is 6.54 Å². The van der Waals surface area contributed by atoms with Gasteiger partial charge in [0.05, 0.1) is 12.0 Å². The van der Waals surface area contributed by atoms with Gasteiger partial charge >= 0.3 is 5.97 Å². The number of benzene rings is 1. The number of sulfonamides is 1. The van der Waals surface area contributed by atoms with Crippen molar-refractivity contribution in [3.63, 3.8) is 0 Å². The lowest BCUT2D eigenvalue weighted by atomic mass is 10.3. The average molecular weight is 274 g/mol. The van der Waals surface area contributed by atoms with Gasteiger partial charge in [0.2, 0.25) is 10.0 Å². The van der Waals surface area contributed by atoms with Crippen LogP contribution >= 0.6 is 0 Å². The van der Waals surface area contributed by atoms with E-state index in [1.807, 2.05) is 4.72 Å². The first kappa shape index (κ1) is 14.1. The molecule has 0 fully saturated rings. The number of nitrogens with zero attached hydrogens (tertiary/aromatic N) is 1. The quantitative estimate of drug-likeness (QED) is 0.460. The number of esters is 1. The van der Waals surface area contributed by atoms with Gasteiger partial charge in [-0.2, -0.15) is 4.72 Å². The molecule has 0 aliphatic carbocycles. The van der Waals surface area contributed by atoms with Crippen LogP contribution in [0.25, 0.3) is 0 Å². The summed E-state index contributed by atoms with van der Waals surface area (Å²) in [7, 11) is -3.03. The number of para-hydroxylation sites is 1. The third kappa shape index (κ3) is 3.25. The zero-order valence-corrected chi connectivity index (χ0v) is 10.1. The highest BCUT2D eigenvalue weighted by Gasteiger charge is 2.25. The molecule has 1 N–H and O–H groups in total. The Hall–Kier alpha value is -2.00. The Morgan fingerprint density at radius 2 is 2.06 bits per heavy atom. The molecule has 0 atom stereocenters. The second-order valence-corrected chi connectivity index (χ2v) is 4.86. The summed E-state index contributed by atoms with van der Waals surface area (Å²) in [6.07, 6.45) is 0. The second-order valence-electron chi connectivity index (χ2n) is 3.13. The van der Waals surface area contributed by atoms with Crippen molar-refractivity contribution in [3.05, 3.63) is 34.4 Å². The minimum absolute atomic E-state index is 0.501. The number of nitrogens with one attached hydrogen (secondary N) is 1. The Bertz CT molecular complexity index is 568. The molecule has 0 heterocycles. The molecule has 0 unspecified atom stereocenters. The van der Waals surface area contributed by atoms with Crippen LogP contribution in [0.2, 0.25) is 0 Å². The van der Waals surface area contributed by atoms with Crippen LogP contribution in [0.5, 0.6) is 0 Å². The fourth-order valence-corrected chi connectivity index (χ4v) is 2.28. The minimum Gasteiger partial charge on any atom is -0.468 e. The third-order valence-electron chi connectivity index (χ3n) is 1.99. The van der Waals surface area contributed by atoms with Gasteiger partial charge in [0.15, 0.2) is 4.90 Å². The van der Waals surface area contributed by atoms with Crippen molar-refractivity contribution in [2.75, 3.05) is 13.7 Å². The molecule has 0 bridgehead atoms. The van der Waals surface area contributed by atoms with Gasteiger partial charge in [-0.25, -0.2) is 8.42 Å². The van der Waals surface area contributed by atoms with E-state index in [1.165, 1.54) is 12.1 Å². The molecule has 0 aliphatic rings. The van der Waals surface area contributed by atoms with E-state index >= 15 is 0 Å². The van der Waals surface area contributed by atoms with Crippen LogP contribution in [0.15, 0.2) is 29.2 Å². The molecule has 0 aromatic heterocycles. The van der Waals surface area contributed by atoms with Crippen molar-refractivity contribution in [1.29, 1.82) is 0 Å². The molecule has 8 nitrogen and oxygen atoms in total. The lowest BCUT2D eigenvalue weighted by molar-refractivity contribution is -0.387. The normalized spacial score (nSPS) is 10.9. The van der Waals surface area contributed by atoms with Crippen molar-refractivity contribution >= 4 is 21.7 Å². The molecule has 0 saturated carbocycles. The molecular weight excluding hydrogens is 264 g/mol. The number of hydrogen-bond donors (Lipinski definition) is 1. The van der Waals surface area contributed by atoms with E-state index in [0.29, 0.717) is 0 Å². The molecule has 0 radical (unpaired) electrons. The van der Waals surface area contributed by atoms with E-state index in [0.717, 1.165) is 19.2 Å². The Labute approximate surface area is 103 Å². The monoisotopic (exact) mass is 274 g/mol. The highest BCUT2D eigenvalue weighted by Crippen LogP contribution is 2.22. The smallest absolute Gasteiger partial charge is 0.320 e. The van der Waals surface area contributed by atoms with Crippen molar-refractivity contribution in [2.45, 2.75) is 4.90 Å². The van der Waals surface area contributed by atoms with Gasteiger partial charge in [-0.1, -0.05) is 12.1 Å². The first-order chi connectivity index (χ1) is 8.38. The Balaban J connectivity index is 3.05. The van der Waals surface area contributed by atoms with Crippen LogP contribution < -0.4 is 4.72 Å². The highest BCUT2D eigenvalue weighted by atomic mass is 32.2.